The van der Waals surface area contributed by atoms with E-state index >= 15 is 0 Å². The topological polar surface area (TPSA) is 66.4 Å². The lowest BCUT2D eigenvalue weighted by Crippen LogP contribution is -2.30. The van der Waals surface area contributed by atoms with Crippen molar-refractivity contribution in [3.63, 3.8) is 0 Å². The number of anilines is 1. The van der Waals surface area contributed by atoms with Crippen LogP contribution in [-0.2, 0) is 10.8 Å². The third kappa shape index (κ3) is 3.32. The van der Waals surface area contributed by atoms with Crippen LogP contribution < -0.4 is 5.32 Å². The molecule has 18 heavy (non-hydrogen) atoms. The van der Waals surface area contributed by atoms with Gasteiger partial charge in [-0.1, -0.05) is 15.9 Å². The Morgan fingerprint density at radius 2 is 2.06 bits per heavy atom. The Morgan fingerprint density at radius 3 is 2.67 bits per heavy atom. The van der Waals surface area contributed by atoms with Crippen molar-refractivity contribution < 1.29 is 14.1 Å². The van der Waals surface area contributed by atoms with Gasteiger partial charge in [-0.15, -0.1) is 0 Å². The fourth-order valence-corrected chi connectivity index (χ4v) is 3.64. The minimum absolute atomic E-state index is 0.210. The first-order valence-corrected chi connectivity index (χ1v) is 7.98. The van der Waals surface area contributed by atoms with Crippen LogP contribution in [0, 0.1) is 0 Å². The number of carbonyl (C=O) groups is 1. The van der Waals surface area contributed by atoms with E-state index in [1.807, 2.05) is 6.07 Å². The SMILES string of the molecule is O=C(O)c1cc(Br)ccc1NC1CCS(=O)CC1. The van der Waals surface area contributed by atoms with Gasteiger partial charge in [0.05, 0.1) is 5.56 Å². The van der Waals surface area contributed by atoms with Gasteiger partial charge in [-0.25, -0.2) is 4.79 Å². The highest BCUT2D eigenvalue weighted by Crippen LogP contribution is 2.24. The zero-order chi connectivity index (χ0) is 13.1. The average Bonchev–Trinajstić information content (AvgIpc) is 2.34. The molecule has 0 aromatic heterocycles. The molecule has 1 fully saturated rings. The van der Waals surface area contributed by atoms with Crippen LogP contribution in [0.3, 0.4) is 0 Å². The first-order chi connectivity index (χ1) is 8.56. The number of benzene rings is 1. The molecule has 0 spiro atoms. The molecule has 1 aliphatic heterocycles. The lowest BCUT2D eigenvalue weighted by molar-refractivity contribution is 0.0698. The summed E-state index contributed by atoms with van der Waals surface area (Å²) < 4.78 is 12.0. The van der Waals surface area contributed by atoms with Gasteiger partial charge in [0, 0.05) is 38.5 Å². The van der Waals surface area contributed by atoms with Gasteiger partial charge in [-0.2, -0.15) is 0 Å². The summed E-state index contributed by atoms with van der Waals surface area (Å²) in [6.45, 7) is 0. The van der Waals surface area contributed by atoms with Crippen LogP contribution >= 0.6 is 15.9 Å². The van der Waals surface area contributed by atoms with Crippen molar-refractivity contribution in [1.82, 2.24) is 0 Å². The van der Waals surface area contributed by atoms with E-state index in [9.17, 15) is 9.00 Å². The van der Waals surface area contributed by atoms with Gasteiger partial charge >= 0.3 is 5.97 Å². The molecular weight excluding hydrogens is 318 g/mol. The fourth-order valence-electron chi connectivity index (χ4n) is 1.98. The van der Waals surface area contributed by atoms with Crippen molar-refractivity contribution in [2.24, 2.45) is 0 Å². The van der Waals surface area contributed by atoms with Crippen LogP contribution in [0.2, 0.25) is 0 Å². The van der Waals surface area contributed by atoms with E-state index < -0.39 is 16.8 Å². The molecule has 1 aromatic carbocycles. The van der Waals surface area contributed by atoms with Crippen molar-refractivity contribution in [2.75, 3.05) is 16.8 Å². The number of rotatable bonds is 3. The van der Waals surface area contributed by atoms with Gasteiger partial charge in [0.1, 0.15) is 0 Å². The molecular formula is C12H14BrNO3S. The molecule has 1 aliphatic rings. The number of hydrogen-bond acceptors (Lipinski definition) is 3. The summed E-state index contributed by atoms with van der Waals surface area (Å²) in [6, 6.07) is 5.38. The van der Waals surface area contributed by atoms with Gasteiger partial charge in [-0.3, -0.25) is 4.21 Å². The number of hydrogen-bond donors (Lipinski definition) is 2. The highest BCUT2D eigenvalue weighted by molar-refractivity contribution is 9.10. The quantitative estimate of drug-likeness (QED) is 0.892. The lowest BCUT2D eigenvalue weighted by Gasteiger charge is -2.24. The van der Waals surface area contributed by atoms with E-state index in [0.29, 0.717) is 17.2 Å². The third-order valence-corrected chi connectivity index (χ3v) is 4.83. The second-order valence-corrected chi connectivity index (χ2v) is 6.87. The molecule has 0 aliphatic carbocycles. The van der Waals surface area contributed by atoms with Gasteiger partial charge in [-0.05, 0) is 31.0 Å². The van der Waals surface area contributed by atoms with Crippen molar-refractivity contribution in [2.45, 2.75) is 18.9 Å². The fraction of sp³-hybridized carbons (Fsp3) is 0.417. The molecule has 0 saturated carbocycles. The predicted octanol–water partition coefficient (Wildman–Crippen LogP) is 2.47. The molecule has 2 rings (SSSR count). The van der Waals surface area contributed by atoms with Crippen LogP contribution in [0.5, 0.6) is 0 Å². The molecule has 98 valence electrons. The number of carboxylic acid groups (broad SMARTS) is 1. The van der Waals surface area contributed by atoms with Crippen molar-refractivity contribution in [3.8, 4) is 0 Å². The summed E-state index contributed by atoms with van der Waals surface area (Å²) in [4.78, 5) is 11.2. The maximum atomic E-state index is 11.3. The first-order valence-electron chi connectivity index (χ1n) is 5.70. The van der Waals surface area contributed by atoms with E-state index in [0.717, 1.165) is 17.3 Å². The molecule has 0 amide bonds. The molecule has 6 heteroatoms. The molecule has 0 atom stereocenters. The van der Waals surface area contributed by atoms with E-state index in [2.05, 4.69) is 21.2 Å². The minimum atomic E-state index is -0.946. The highest BCUT2D eigenvalue weighted by atomic mass is 79.9. The molecule has 1 saturated heterocycles. The molecule has 0 bridgehead atoms. The molecule has 1 aromatic rings. The lowest BCUT2D eigenvalue weighted by atomic mass is 10.1. The summed E-state index contributed by atoms with van der Waals surface area (Å²) in [6.07, 6.45) is 1.64. The molecule has 1 heterocycles. The van der Waals surface area contributed by atoms with Gasteiger partial charge in [0.15, 0.2) is 0 Å². The Labute approximate surface area is 116 Å². The van der Waals surface area contributed by atoms with E-state index in [1.54, 1.807) is 12.1 Å². The standard InChI is InChI=1S/C12H14BrNO3S/c13-8-1-2-11(10(7-8)12(15)16)14-9-3-5-18(17)6-4-9/h1-2,7,9,14H,3-6H2,(H,15,16). The minimum Gasteiger partial charge on any atom is -0.478 e. The number of nitrogens with one attached hydrogen (secondary N) is 1. The number of carboxylic acids is 1. The van der Waals surface area contributed by atoms with Crippen LogP contribution in [0.4, 0.5) is 5.69 Å². The third-order valence-electron chi connectivity index (χ3n) is 2.96. The summed E-state index contributed by atoms with van der Waals surface area (Å²) in [7, 11) is -0.701. The second-order valence-electron chi connectivity index (χ2n) is 4.26. The number of halogens is 1. The average molecular weight is 332 g/mol. The number of aromatic carboxylic acids is 1. The highest BCUT2D eigenvalue weighted by Gasteiger charge is 2.19. The monoisotopic (exact) mass is 331 g/mol. The summed E-state index contributed by atoms with van der Waals surface area (Å²) in [5.74, 6) is 0.436. The largest absolute Gasteiger partial charge is 0.478 e. The molecule has 0 radical (unpaired) electrons. The van der Waals surface area contributed by atoms with Gasteiger partial charge < -0.3 is 10.4 Å². The zero-order valence-corrected chi connectivity index (χ0v) is 12.1. The Hall–Kier alpha value is -0.880. The Balaban J connectivity index is 2.13. The maximum Gasteiger partial charge on any atom is 0.337 e. The van der Waals surface area contributed by atoms with Gasteiger partial charge in [0.25, 0.3) is 0 Å². The normalized spacial score (nSPS) is 23.6. The second kappa shape index (κ2) is 5.84. The Bertz CT molecular complexity index is 482. The summed E-state index contributed by atoms with van der Waals surface area (Å²) >= 11 is 3.27. The van der Waals surface area contributed by atoms with Crippen LogP contribution in [0.15, 0.2) is 22.7 Å². The van der Waals surface area contributed by atoms with Crippen LogP contribution in [0.1, 0.15) is 23.2 Å². The van der Waals surface area contributed by atoms with Crippen molar-refractivity contribution in [1.29, 1.82) is 0 Å². The van der Waals surface area contributed by atoms with E-state index in [1.165, 1.54) is 0 Å². The maximum absolute atomic E-state index is 11.3. The summed E-state index contributed by atoms with van der Waals surface area (Å²) in [5.41, 5.74) is 0.888. The smallest absolute Gasteiger partial charge is 0.337 e. The van der Waals surface area contributed by atoms with Gasteiger partial charge in [0.2, 0.25) is 0 Å². The summed E-state index contributed by atoms with van der Waals surface area (Å²) in [5, 5.41) is 12.4. The van der Waals surface area contributed by atoms with Crippen molar-refractivity contribution >= 4 is 38.4 Å². The van der Waals surface area contributed by atoms with Crippen LogP contribution in [-0.4, -0.2) is 32.8 Å². The van der Waals surface area contributed by atoms with Crippen molar-refractivity contribution in [3.05, 3.63) is 28.2 Å². The van der Waals surface area contributed by atoms with E-state index in [4.69, 9.17) is 5.11 Å². The van der Waals surface area contributed by atoms with Crippen LogP contribution in [0.25, 0.3) is 0 Å². The predicted molar refractivity (Wildman–Crippen MR) is 75.6 cm³/mol. The molecule has 4 nitrogen and oxygen atoms in total. The molecule has 2 N–H and O–H groups in total. The Kier molecular flexibility index (Phi) is 4.40. The van der Waals surface area contributed by atoms with E-state index in [-0.39, 0.29) is 11.6 Å². The molecule has 0 unspecified atom stereocenters. The Morgan fingerprint density at radius 1 is 1.39 bits per heavy atom. The zero-order valence-electron chi connectivity index (χ0n) is 9.69. The first kappa shape index (κ1) is 13.5.